The van der Waals surface area contributed by atoms with Gasteiger partial charge < -0.3 is 10.1 Å². The topological polar surface area (TPSA) is 75.7 Å². The molecule has 32 heavy (non-hydrogen) atoms. The molecule has 0 bridgehead atoms. The van der Waals surface area contributed by atoms with Gasteiger partial charge in [0.05, 0.1) is 17.1 Å². The maximum atomic E-state index is 13.2. The van der Waals surface area contributed by atoms with Gasteiger partial charge in [-0.25, -0.2) is 8.42 Å². The second-order valence-electron chi connectivity index (χ2n) is 7.20. The first kappa shape index (κ1) is 23.8. The van der Waals surface area contributed by atoms with Crippen LogP contribution in [0, 0.1) is 13.8 Å². The van der Waals surface area contributed by atoms with Gasteiger partial charge in [-0.15, -0.1) is 0 Å². The number of rotatable bonds is 9. The highest BCUT2D eigenvalue weighted by molar-refractivity contribution is 9.10. The lowest BCUT2D eigenvalue weighted by molar-refractivity contribution is -0.119. The summed E-state index contributed by atoms with van der Waals surface area (Å²) in [6, 6.07) is 20.6. The number of nitrogens with one attached hydrogen (secondary N) is 1. The highest BCUT2D eigenvalue weighted by Crippen LogP contribution is 2.25. The molecule has 0 aliphatic rings. The maximum absolute atomic E-state index is 13.2. The van der Waals surface area contributed by atoms with E-state index in [0.29, 0.717) is 5.69 Å². The van der Waals surface area contributed by atoms with Gasteiger partial charge in [0.2, 0.25) is 5.91 Å². The number of sulfonamides is 1. The van der Waals surface area contributed by atoms with Crippen molar-refractivity contribution in [1.29, 1.82) is 0 Å². The molecule has 0 spiro atoms. The number of aryl methyl sites for hydroxylation is 1. The molecule has 0 heterocycles. The van der Waals surface area contributed by atoms with E-state index in [1.54, 1.807) is 42.5 Å². The lowest BCUT2D eigenvalue weighted by Crippen LogP contribution is -2.41. The molecule has 8 heteroatoms. The van der Waals surface area contributed by atoms with Crippen molar-refractivity contribution < 1.29 is 17.9 Å². The van der Waals surface area contributed by atoms with E-state index in [1.165, 1.54) is 12.1 Å². The number of amides is 1. The largest absolute Gasteiger partial charge is 0.491 e. The summed E-state index contributed by atoms with van der Waals surface area (Å²) in [7, 11) is -3.92. The van der Waals surface area contributed by atoms with Crippen molar-refractivity contribution in [2.24, 2.45) is 0 Å². The van der Waals surface area contributed by atoms with Crippen molar-refractivity contribution in [1.82, 2.24) is 5.32 Å². The molecule has 0 atom stereocenters. The molecule has 0 aromatic heterocycles. The van der Waals surface area contributed by atoms with Crippen molar-refractivity contribution in [2.75, 3.05) is 24.0 Å². The Morgan fingerprint density at radius 2 is 1.66 bits per heavy atom. The maximum Gasteiger partial charge on any atom is 0.264 e. The standard InChI is InChI=1S/C24H25BrN2O4S/c1-18-7-6-10-23(19(18)2)31-16-15-26-24(28)17-27(21-13-11-20(25)12-14-21)32(29,30)22-8-4-3-5-9-22/h3-14H,15-17H2,1-2H3,(H,26,28). The summed E-state index contributed by atoms with van der Waals surface area (Å²) in [6.07, 6.45) is 0. The van der Waals surface area contributed by atoms with E-state index in [-0.39, 0.29) is 24.6 Å². The average Bonchev–Trinajstić information content (AvgIpc) is 2.79. The average molecular weight is 517 g/mol. The molecule has 0 unspecified atom stereocenters. The molecule has 6 nitrogen and oxygen atoms in total. The number of ether oxygens (including phenoxy) is 1. The van der Waals surface area contributed by atoms with Crippen LogP contribution in [0.3, 0.4) is 0 Å². The van der Waals surface area contributed by atoms with Crippen LogP contribution in [0.2, 0.25) is 0 Å². The molecular formula is C24H25BrN2O4S. The van der Waals surface area contributed by atoms with Gasteiger partial charge in [0.1, 0.15) is 18.9 Å². The molecule has 0 aliphatic carbocycles. The minimum Gasteiger partial charge on any atom is -0.491 e. The zero-order valence-electron chi connectivity index (χ0n) is 17.9. The Kier molecular flexibility index (Phi) is 7.93. The van der Waals surface area contributed by atoms with Crippen LogP contribution in [0.5, 0.6) is 5.75 Å². The van der Waals surface area contributed by atoms with E-state index in [9.17, 15) is 13.2 Å². The number of hydrogen-bond acceptors (Lipinski definition) is 4. The molecule has 3 aromatic carbocycles. The van der Waals surface area contributed by atoms with Gasteiger partial charge in [-0.2, -0.15) is 0 Å². The number of hydrogen-bond donors (Lipinski definition) is 1. The molecule has 0 fully saturated rings. The monoisotopic (exact) mass is 516 g/mol. The Morgan fingerprint density at radius 1 is 0.969 bits per heavy atom. The molecular weight excluding hydrogens is 492 g/mol. The van der Waals surface area contributed by atoms with Crippen LogP contribution in [-0.4, -0.2) is 34.0 Å². The van der Waals surface area contributed by atoms with Gasteiger partial charge in [0, 0.05) is 4.47 Å². The minimum atomic E-state index is -3.92. The minimum absolute atomic E-state index is 0.119. The number of halogens is 1. The predicted octanol–water partition coefficient (Wildman–Crippen LogP) is 4.46. The van der Waals surface area contributed by atoms with Crippen molar-refractivity contribution >= 4 is 37.5 Å². The van der Waals surface area contributed by atoms with E-state index in [1.807, 2.05) is 32.0 Å². The molecule has 1 amide bonds. The highest BCUT2D eigenvalue weighted by atomic mass is 79.9. The molecule has 0 saturated heterocycles. The number of benzene rings is 3. The summed E-state index contributed by atoms with van der Waals surface area (Å²) < 4.78 is 34.2. The van der Waals surface area contributed by atoms with Gasteiger partial charge in [0.15, 0.2) is 0 Å². The summed E-state index contributed by atoms with van der Waals surface area (Å²) >= 11 is 3.35. The third-order valence-corrected chi connectivity index (χ3v) is 7.29. The molecule has 0 aliphatic heterocycles. The van der Waals surface area contributed by atoms with Gasteiger partial charge >= 0.3 is 0 Å². The SMILES string of the molecule is Cc1cccc(OCCNC(=O)CN(c2ccc(Br)cc2)S(=O)(=O)c2ccccc2)c1C. The van der Waals surface area contributed by atoms with Crippen LogP contribution < -0.4 is 14.4 Å². The summed E-state index contributed by atoms with van der Waals surface area (Å²) in [4.78, 5) is 12.7. The second-order valence-corrected chi connectivity index (χ2v) is 9.98. The molecule has 0 radical (unpaired) electrons. The number of carbonyl (C=O) groups is 1. The van der Waals surface area contributed by atoms with E-state index in [0.717, 1.165) is 25.7 Å². The quantitative estimate of drug-likeness (QED) is 0.426. The Morgan fingerprint density at radius 3 is 2.34 bits per heavy atom. The Hall–Kier alpha value is -2.84. The summed E-state index contributed by atoms with van der Waals surface area (Å²) in [6.45, 7) is 4.18. The smallest absolute Gasteiger partial charge is 0.264 e. The third-order valence-electron chi connectivity index (χ3n) is 4.97. The van der Waals surface area contributed by atoms with Crippen LogP contribution in [0.4, 0.5) is 5.69 Å². The first-order valence-electron chi connectivity index (χ1n) is 10.1. The fourth-order valence-electron chi connectivity index (χ4n) is 3.06. The van der Waals surface area contributed by atoms with Gasteiger partial charge in [0.25, 0.3) is 10.0 Å². The zero-order valence-corrected chi connectivity index (χ0v) is 20.3. The first-order chi connectivity index (χ1) is 15.3. The molecule has 1 N–H and O–H groups in total. The van der Waals surface area contributed by atoms with E-state index in [4.69, 9.17) is 4.74 Å². The van der Waals surface area contributed by atoms with Crippen LogP contribution in [0.1, 0.15) is 11.1 Å². The third kappa shape index (κ3) is 5.89. The van der Waals surface area contributed by atoms with Crippen molar-refractivity contribution in [3.8, 4) is 5.75 Å². The second kappa shape index (κ2) is 10.7. The zero-order chi connectivity index (χ0) is 23.1. The predicted molar refractivity (Wildman–Crippen MR) is 130 cm³/mol. The van der Waals surface area contributed by atoms with Gasteiger partial charge in [-0.3, -0.25) is 9.10 Å². The molecule has 168 valence electrons. The van der Waals surface area contributed by atoms with E-state index < -0.39 is 15.9 Å². The van der Waals surface area contributed by atoms with Crippen molar-refractivity contribution in [2.45, 2.75) is 18.7 Å². The van der Waals surface area contributed by atoms with E-state index in [2.05, 4.69) is 21.2 Å². The van der Waals surface area contributed by atoms with Crippen LogP contribution in [-0.2, 0) is 14.8 Å². The number of nitrogens with zero attached hydrogens (tertiary/aromatic N) is 1. The van der Waals surface area contributed by atoms with E-state index >= 15 is 0 Å². The molecule has 3 rings (SSSR count). The fourth-order valence-corrected chi connectivity index (χ4v) is 4.77. The Balaban J connectivity index is 1.68. The van der Waals surface area contributed by atoms with Crippen LogP contribution in [0.15, 0.2) is 82.2 Å². The summed E-state index contributed by atoms with van der Waals surface area (Å²) in [5.74, 6) is 0.347. The summed E-state index contributed by atoms with van der Waals surface area (Å²) in [5, 5.41) is 2.74. The van der Waals surface area contributed by atoms with Gasteiger partial charge in [-0.05, 0) is 67.4 Å². The number of carbonyl (C=O) groups excluding carboxylic acids is 1. The van der Waals surface area contributed by atoms with Crippen LogP contribution in [0.25, 0.3) is 0 Å². The lowest BCUT2D eigenvalue weighted by atomic mass is 10.1. The Labute approximate surface area is 197 Å². The lowest BCUT2D eigenvalue weighted by Gasteiger charge is -2.24. The van der Waals surface area contributed by atoms with Crippen LogP contribution >= 0.6 is 15.9 Å². The first-order valence-corrected chi connectivity index (χ1v) is 12.3. The van der Waals surface area contributed by atoms with Gasteiger partial charge in [-0.1, -0.05) is 46.3 Å². The Bertz CT molecular complexity index is 1170. The molecule has 0 saturated carbocycles. The number of anilines is 1. The van der Waals surface area contributed by atoms with Crippen molar-refractivity contribution in [3.63, 3.8) is 0 Å². The summed E-state index contributed by atoms with van der Waals surface area (Å²) in [5.41, 5.74) is 2.58. The molecule has 3 aromatic rings. The fraction of sp³-hybridized carbons (Fsp3) is 0.208. The van der Waals surface area contributed by atoms with Crippen molar-refractivity contribution in [3.05, 3.63) is 88.4 Å². The highest BCUT2D eigenvalue weighted by Gasteiger charge is 2.27. The normalized spacial score (nSPS) is 11.1.